The van der Waals surface area contributed by atoms with E-state index >= 15 is 0 Å². The number of carbonyl (C=O) groups is 2. The van der Waals surface area contributed by atoms with Gasteiger partial charge in [0.25, 0.3) is 0 Å². The van der Waals surface area contributed by atoms with Crippen molar-refractivity contribution in [1.29, 1.82) is 0 Å². The zero-order valence-electron chi connectivity index (χ0n) is 15.1. The fourth-order valence-corrected chi connectivity index (χ4v) is 3.10. The van der Waals surface area contributed by atoms with E-state index in [9.17, 15) is 9.59 Å². The second-order valence-corrected chi connectivity index (χ2v) is 6.67. The van der Waals surface area contributed by atoms with Crippen LogP contribution in [-0.4, -0.2) is 36.9 Å². The first-order valence-electron chi connectivity index (χ1n) is 9.14. The summed E-state index contributed by atoms with van der Waals surface area (Å²) in [7, 11) is 0. The summed E-state index contributed by atoms with van der Waals surface area (Å²) in [5.74, 6) is -0.522. The monoisotopic (exact) mass is 368 g/mol. The average Bonchev–Trinajstić information content (AvgIpc) is 2.72. The predicted octanol–water partition coefficient (Wildman–Crippen LogP) is 3.53. The van der Waals surface area contributed by atoms with Gasteiger partial charge in [0.05, 0.1) is 12.1 Å². The highest BCUT2D eigenvalue weighted by molar-refractivity contribution is 5.92. The van der Waals surface area contributed by atoms with Gasteiger partial charge in [0.2, 0.25) is 0 Å². The van der Waals surface area contributed by atoms with E-state index in [0.717, 1.165) is 37.3 Å². The van der Waals surface area contributed by atoms with Crippen LogP contribution in [0.1, 0.15) is 28.8 Å². The van der Waals surface area contributed by atoms with Gasteiger partial charge in [0, 0.05) is 25.4 Å². The number of hydrogen-bond acceptors (Lipinski definition) is 3. The Balaban J connectivity index is 1.70. The second kappa shape index (κ2) is 9.19. The predicted molar refractivity (Wildman–Crippen MR) is 103 cm³/mol. The number of para-hydroxylation sites is 1. The molecule has 2 aromatic carbocycles. The molecule has 6 nitrogen and oxygen atoms in total. The molecule has 2 N–H and O–H groups in total. The van der Waals surface area contributed by atoms with E-state index in [0.29, 0.717) is 19.0 Å². The molecular weight excluding hydrogens is 344 g/mol. The molecule has 27 heavy (non-hydrogen) atoms. The molecule has 1 heterocycles. The largest absolute Gasteiger partial charge is 0.478 e. The number of hydrogen-bond donors (Lipinski definition) is 2. The van der Waals surface area contributed by atoms with Crippen molar-refractivity contribution in [1.82, 2.24) is 5.32 Å². The molecule has 1 aliphatic rings. The maximum absolute atomic E-state index is 12.9. The lowest BCUT2D eigenvalue weighted by molar-refractivity contribution is 0.0670. The van der Waals surface area contributed by atoms with Gasteiger partial charge in [-0.15, -0.1) is 0 Å². The summed E-state index contributed by atoms with van der Waals surface area (Å²) < 4.78 is 5.36. The van der Waals surface area contributed by atoms with Crippen LogP contribution in [0.4, 0.5) is 10.5 Å². The maximum Gasteiger partial charge on any atom is 0.335 e. The average molecular weight is 368 g/mol. The Labute approximate surface area is 158 Å². The van der Waals surface area contributed by atoms with Gasteiger partial charge in [-0.1, -0.05) is 30.3 Å². The number of nitrogens with one attached hydrogen (secondary N) is 1. The summed E-state index contributed by atoms with van der Waals surface area (Å²) in [5.41, 5.74) is 1.89. The minimum absolute atomic E-state index is 0.157. The number of urea groups is 1. The zero-order valence-corrected chi connectivity index (χ0v) is 15.1. The quantitative estimate of drug-likeness (QED) is 0.818. The van der Waals surface area contributed by atoms with Crippen LogP contribution in [0.25, 0.3) is 0 Å². The molecule has 1 aliphatic heterocycles. The Morgan fingerprint density at radius 2 is 1.70 bits per heavy atom. The summed E-state index contributed by atoms with van der Waals surface area (Å²) >= 11 is 0. The van der Waals surface area contributed by atoms with Gasteiger partial charge in [0.1, 0.15) is 0 Å². The number of carboxylic acids is 1. The first-order chi connectivity index (χ1) is 13.1. The van der Waals surface area contributed by atoms with Gasteiger partial charge < -0.3 is 15.2 Å². The van der Waals surface area contributed by atoms with E-state index in [4.69, 9.17) is 9.84 Å². The summed E-state index contributed by atoms with van der Waals surface area (Å²) in [5, 5.41) is 12.1. The molecule has 1 saturated heterocycles. The van der Waals surface area contributed by atoms with Crippen molar-refractivity contribution in [3.8, 4) is 0 Å². The molecule has 1 fully saturated rings. The van der Waals surface area contributed by atoms with Gasteiger partial charge >= 0.3 is 12.0 Å². The first-order valence-corrected chi connectivity index (χ1v) is 9.14. The Morgan fingerprint density at radius 1 is 1.04 bits per heavy atom. The minimum Gasteiger partial charge on any atom is -0.478 e. The number of anilines is 1. The van der Waals surface area contributed by atoms with Crippen LogP contribution in [0.2, 0.25) is 0 Å². The lowest BCUT2D eigenvalue weighted by Gasteiger charge is -2.26. The van der Waals surface area contributed by atoms with Gasteiger partial charge in [-0.05, 0) is 48.6 Å². The summed E-state index contributed by atoms with van der Waals surface area (Å²) in [6.07, 6.45) is 1.92. The van der Waals surface area contributed by atoms with E-state index in [1.54, 1.807) is 29.2 Å². The molecule has 142 valence electrons. The zero-order chi connectivity index (χ0) is 19.1. The van der Waals surface area contributed by atoms with Crippen LogP contribution < -0.4 is 10.2 Å². The van der Waals surface area contributed by atoms with Crippen LogP contribution in [-0.2, 0) is 11.3 Å². The lowest BCUT2D eigenvalue weighted by Crippen LogP contribution is -2.42. The van der Waals surface area contributed by atoms with Crippen LogP contribution in [0.15, 0.2) is 54.6 Å². The number of benzene rings is 2. The number of ether oxygens (including phenoxy) is 1. The number of amides is 2. The van der Waals surface area contributed by atoms with Crippen molar-refractivity contribution in [3.05, 3.63) is 65.7 Å². The van der Waals surface area contributed by atoms with Crippen LogP contribution in [0.5, 0.6) is 0 Å². The third-order valence-electron chi connectivity index (χ3n) is 4.74. The smallest absolute Gasteiger partial charge is 0.335 e. The Morgan fingerprint density at radius 3 is 2.33 bits per heavy atom. The van der Waals surface area contributed by atoms with Crippen molar-refractivity contribution in [2.45, 2.75) is 19.4 Å². The van der Waals surface area contributed by atoms with E-state index in [1.165, 1.54) is 0 Å². The molecule has 0 radical (unpaired) electrons. The standard InChI is InChI=1S/C21H24N2O4/c24-20(25)18-8-6-17(7-9-18)15-23(19-4-2-1-3-5-19)21(26)22-14-16-10-12-27-13-11-16/h1-9,16H,10-15H2,(H,22,26)(H,24,25). The molecule has 3 rings (SSSR count). The van der Waals surface area contributed by atoms with E-state index in [1.807, 2.05) is 30.3 Å². The molecule has 0 atom stereocenters. The lowest BCUT2D eigenvalue weighted by atomic mass is 10.0. The van der Waals surface area contributed by atoms with Crippen LogP contribution >= 0.6 is 0 Å². The van der Waals surface area contributed by atoms with Crippen molar-refractivity contribution in [2.75, 3.05) is 24.7 Å². The summed E-state index contributed by atoms with van der Waals surface area (Å²) in [6, 6.07) is 15.9. The van der Waals surface area contributed by atoms with Gasteiger partial charge in [0.15, 0.2) is 0 Å². The Hall–Kier alpha value is -2.86. The highest BCUT2D eigenvalue weighted by Crippen LogP contribution is 2.19. The highest BCUT2D eigenvalue weighted by atomic mass is 16.5. The normalized spacial score (nSPS) is 14.5. The molecule has 0 aliphatic carbocycles. The molecule has 0 aromatic heterocycles. The molecule has 0 bridgehead atoms. The number of aromatic carboxylic acids is 1. The minimum atomic E-state index is -0.962. The molecule has 2 amide bonds. The first kappa shape index (κ1) is 18.9. The summed E-state index contributed by atoms with van der Waals surface area (Å²) in [6.45, 7) is 2.49. The van der Waals surface area contributed by atoms with Gasteiger partial charge in [-0.25, -0.2) is 9.59 Å². The molecule has 2 aromatic rings. The van der Waals surface area contributed by atoms with Crippen molar-refractivity contribution in [3.63, 3.8) is 0 Å². The Kier molecular flexibility index (Phi) is 6.44. The Bertz CT molecular complexity index is 756. The van der Waals surface area contributed by atoms with Gasteiger partial charge in [-0.3, -0.25) is 4.90 Å². The van der Waals surface area contributed by atoms with E-state index in [-0.39, 0.29) is 11.6 Å². The number of carboxylic acid groups (broad SMARTS) is 1. The SMILES string of the molecule is O=C(O)c1ccc(CN(C(=O)NCC2CCOCC2)c2ccccc2)cc1. The van der Waals surface area contributed by atoms with E-state index < -0.39 is 5.97 Å². The number of rotatable bonds is 6. The van der Waals surface area contributed by atoms with Crippen LogP contribution in [0.3, 0.4) is 0 Å². The van der Waals surface area contributed by atoms with Crippen molar-refractivity contribution in [2.24, 2.45) is 5.92 Å². The molecule has 0 unspecified atom stereocenters. The number of carbonyl (C=O) groups excluding carboxylic acids is 1. The fraction of sp³-hybridized carbons (Fsp3) is 0.333. The molecule has 0 saturated carbocycles. The second-order valence-electron chi connectivity index (χ2n) is 6.67. The summed E-state index contributed by atoms with van der Waals surface area (Å²) in [4.78, 5) is 25.5. The maximum atomic E-state index is 12.9. The topological polar surface area (TPSA) is 78.9 Å². The third kappa shape index (κ3) is 5.31. The van der Waals surface area contributed by atoms with E-state index in [2.05, 4.69) is 5.32 Å². The fourth-order valence-electron chi connectivity index (χ4n) is 3.10. The molecule has 0 spiro atoms. The molecule has 6 heteroatoms. The van der Waals surface area contributed by atoms with Crippen LogP contribution in [0, 0.1) is 5.92 Å². The molecular formula is C21H24N2O4. The van der Waals surface area contributed by atoms with Gasteiger partial charge in [-0.2, -0.15) is 0 Å². The number of nitrogens with zero attached hydrogens (tertiary/aromatic N) is 1. The van der Waals surface area contributed by atoms with Crippen molar-refractivity contribution < 1.29 is 19.4 Å². The highest BCUT2D eigenvalue weighted by Gasteiger charge is 2.19. The van der Waals surface area contributed by atoms with Crippen molar-refractivity contribution >= 4 is 17.7 Å². The third-order valence-corrected chi connectivity index (χ3v) is 4.74.